The van der Waals surface area contributed by atoms with Gasteiger partial charge in [0.1, 0.15) is 5.69 Å². The molecule has 2 atom stereocenters. The van der Waals surface area contributed by atoms with E-state index in [2.05, 4.69) is 4.98 Å². The van der Waals surface area contributed by atoms with Crippen molar-refractivity contribution >= 4 is 5.69 Å². The molecule has 0 radical (unpaired) electrons. The van der Waals surface area contributed by atoms with Crippen LogP contribution in [0, 0.1) is 16.0 Å². The van der Waals surface area contributed by atoms with E-state index in [4.69, 9.17) is 10.5 Å². The Balaban J connectivity index is 3.37. The second kappa shape index (κ2) is 5.77. The molecule has 0 aliphatic heterocycles. The Kier molecular flexibility index (Phi) is 4.61. The van der Waals surface area contributed by atoms with Crippen LogP contribution in [0.15, 0.2) is 12.1 Å². The molecule has 6 nitrogen and oxygen atoms in total. The Morgan fingerprint density at radius 2 is 2.00 bits per heavy atom. The molecule has 0 amide bonds. The lowest BCUT2D eigenvalue weighted by Gasteiger charge is -2.24. The average molecular weight is 253 g/mol. The predicted octanol–water partition coefficient (Wildman–Crippen LogP) is 2.09. The van der Waals surface area contributed by atoms with Gasteiger partial charge >= 0.3 is 0 Å². The van der Waals surface area contributed by atoms with Gasteiger partial charge in [-0.1, -0.05) is 13.8 Å². The van der Waals surface area contributed by atoms with Crippen molar-refractivity contribution < 1.29 is 9.66 Å². The van der Waals surface area contributed by atoms with Gasteiger partial charge in [0.15, 0.2) is 0 Å². The second-order valence-electron chi connectivity index (χ2n) is 4.64. The number of nitro groups is 1. The number of hydrogen-bond acceptors (Lipinski definition) is 5. The van der Waals surface area contributed by atoms with Crippen LogP contribution in [0.4, 0.5) is 5.69 Å². The Morgan fingerprint density at radius 3 is 2.39 bits per heavy atom. The first-order valence-corrected chi connectivity index (χ1v) is 5.83. The van der Waals surface area contributed by atoms with Crippen LogP contribution >= 0.6 is 0 Å². The van der Waals surface area contributed by atoms with Crippen molar-refractivity contribution in [2.45, 2.75) is 32.7 Å². The number of aromatic nitrogens is 1. The number of nitrogens with zero attached hydrogens (tertiary/aromatic N) is 2. The van der Waals surface area contributed by atoms with Crippen molar-refractivity contribution in [3.05, 3.63) is 27.9 Å². The van der Waals surface area contributed by atoms with Crippen LogP contribution in [-0.2, 0) is 0 Å². The third kappa shape index (κ3) is 2.95. The van der Waals surface area contributed by atoms with E-state index in [0.717, 1.165) is 0 Å². The van der Waals surface area contributed by atoms with Crippen molar-refractivity contribution in [3.8, 4) is 5.88 Å². The maximum absolute atomic E-state index is 11.1. The molecule has 6 heteroatoms. The Labute approximate surface area is 106 Å². The first-order valence-electron chi connectivity index (χ1n) is 5.83. The summed E-state index contributed by atoms with van der Waals surface area (Å²) < 4.78 is 5.02. The molecule has 18 heavy (non-hydrogen) atoms. The van der Waals surface area contributed by atoms with Crippen LogP contribution in [0.5, 0.6) is 5.88 Å². The molecule has 0 saturated heterocycles. The molecule has 0 saturated carbocycles. The quantitative estimate of drug-likeness (QED) is 0.640. The second-order valence-corrected chi connectivity index (χ2v) is 4.64. The lowest BCUT2D eigenvalue weighted by atomic mass is 9.86. The summed E-state index contributed by atoms with van der Waals surface area (Å²) in [5.74, 6) is 0.339. The lowest BCUT2D eigenvalue weighted by molar-refractivity contribution is -0.386. The van der Waals surface area contributed by atoms with Crippen LogP contribution in [0.3, 0.4) is 0 Å². The Hall–Kier alpha value is -1.69. The number of pyridine rings is 1. The summed E-state index contributed by atoms with van der Waals surface area (Å²) in [5, 5.41) is 11.1. The molecular weight excluding hydrogens is 234 g/mol. The molecule has 0 spiro atoms. The summed E-state index contributed by atoms with van der Waals surface area (Å²) in [6, 6.07) is 2.68. The fourth-order valence-corrected chi connectivity index (χ4v) is 2.13. The minimum Gasteiger partial charge on any atom is -0.481 e. The van der Waals surface area contributed by atoms with E-state index in [1.807, 2.05) is 20.8 Å². The van der Waals surface area contributed by atoms with E-state index in [0.29, 0.717) is 11.6 Å². The standard InChI is InChI=1S/C12H19N3O3/c1-7(2)11(8(3)13)12-9(15(16)17)5-6-10(14-12)18-4/h5-8,11H,13H2,1-4H3. The third-order valence-corrected chi connectivity index (χ3v) is 2.88. The summed E-state index contributed by atoms with van der Waals surface area (Å²) in [5.41, 5.74) is 6.31. The highest BCUT2D eigenvalue weighted by molar-refractivity contribution is 5.41. The number of hydrogen-bond donors (Lipinski definition) is 1. The number of rotatable bonds is 5. The monoisotopic (exact) mass is 253 g/mol. The third-order valence-electron chi connectivity index (χ3n) is 2.88. The van der Waals surface area contributed by atoms with Gasteiger partial charge in [0, 0.05) is 24.1 Å². The smallest absolute Gasteiger partial charge is 0.291 e. The fourth-order valence-electron chi connectivity index (χ4n) is 2.13. The fraction of sp³-hybridized carbons (Fsp3) is 0.583. The van der Waals surface area contributed by atoms with Crippen LogP contribution in [0.2, 0.25) is 0 Å². The van der Waals surface area contributed by atoms with Crippen LogP contribution in [-0.4, -0.2) is 23.1 Å². The lowest BCUT2D eigenvalue weighted by Crippen LogP contribution is -2.29. The number of ether oxygens (including phenoxy) is 1. The molecule has 0 fully saturated rings. The van der Waals surface area contributed by atoms with E-state index < -0.39 is 4.92 Å². The van der Waals surface area contributed by atoms with Gasteiger partial charge in [-0.3, -0.25) is 10.1 Å². The molecule has 2 N–H and O–H groups in total. The molecule has 0 bridgehead atoms. The van der Waals surface area contributed by atoms with Gasteiger partial charge in [-0.25, -0.2) is 4.98 Å². The van der Waals surface area contributed by atoms with Gasteiger partial charge < -0.3 is 10.5 Å². The van der Waals surface area contributed by atoms with Crippen molar-refractivity contribution in [2.24, 2.45) is 11.7 Å². The van der Waals surface area contributed by atoms with Crippen LogP contribution in [0.25, 0.3) is 0 Å². The topological polar surface area (TPSA) is 91.3 Å². The van der Waals surface area contributed by atoms with Crippen molar-refractivity contribution in [1.82, 2.24) is 4.98 Å². The SMILES string of the molecule is COc1ccc([N+](=O)[O-])c(C(C(C)C)C(C)N)n1. The highest BCUT2D eigenvalue weighted by atomic mass is 16.6. The molecule has 0 aromatic carbocycles. The highest BCUT2D eigenvalue weighted by Crippen LogP contribution is 2.33. The minimum absolute atomic E-state index is 0.00759. The molecule has 1 aromatic heterocycles. The summed E-state index contributed by atoms with van der Waals surface area (Å²) in [6.45, 7) is 5.77. The zero-order valence-corrected chi connectivity index (χ0v) is 11.1. The van der Waals surface area contributed by atoms with Crippen molar-refractivity contribution in [3.63, 3.8) is 0 Å². The van der Waals surface area contributed by atoms with E-state index in [1.54, 1.807) is 0 Å². The molecule has 100 valence electrons. The summed E-state index contributed by atoms with van der Waals surface area (Å²) >= 11 is 0. The maximum Gasteiger partial charge on any atom is 0.291 e. The van der Waals surface area contributed by atoms with Crippen molar-refractivity contribution in [2.75, 3.05) is 7.11 Å². The first kappa shape index (κ1) is 14.4. The van der Waals surface area contributed by atoms with E-state index in [-0.39, 0.29) is 23.6 Å². The van der Waals surface area contributed by atoms with E-state index >= 15 is 0 Å². The highest BCUT2D eigenvalue weighted by Gasteiger charge is 2.29. The zero-order valence-electron chi connectivity index (χ0n) is 11.1. The number of nitrogens with two attached hydrogens (primary N) is 1. The molecular formula is C12H19N3O3. The van der Waals surface area contributed by atoms with Gasteiger partial charge in [0.05, 0.1) is 12.0 Å². The molecule has 1 rings (SSSR count). The van der Waals surface area contributed by atoms with Gasteiger partial charge in [-0.2, -0.15) is 0 Å². The Morgan fingerprint density at radius 1 is 1.39 bits per heavy atom. The molecule has 1 aromatic rings. The van der Waals surface area contributed by atoms with Crippen LogP contribution in [0.1, 0.15) is 32.4 Å². The summed E-state index contributed by atoms with van der Waals surface area (Å²) in [4.78, 5) is 14.8. The normalized spacial score (nSPS) is 14.3. The van der Waals surface area contributed by atoms with Crippen LogP contribution < -0.4 is 10.5 Å². The number of methoxy groups -OCH3 is 1. The first-order chi connectivity index (χ1) is 8.38. The van der Waals surface area contributed by atoms with Crippen molar-refractivity contribution in [1.29, 1.82) is 0 Å². The molecule has 2 unspecified atom stereocenters. The van der Waals surface area contributed by atoms with Gasteiger partial charge in [0.25, 0.3) is 5.69 Å². The van der Waals surface area contributed by atoms with E-state index in [1.165, 1.54) is 19.2 Å². The van der Waals surface area contributed by atoms with E-state index in [9.17, 15) is 10.1 Å². The molecule has 0 aliphatic carbocycles. The Bertz CT molecular complexity index is 425. The average Bonchev–Trinajstić information content (AvgIpc) is 2.27. The predicted molar refractivity (Wildman–Crippen MR) is 68.7 cm³/mol. The summed E-state index contributed by atoms with van der Waals surface area (Å²) in [6.07, 6.45) is 0. The molecule has 1 heterocycles. The maximum atomic E-state index is 11.1. The van der Waals surface area contributed by atoms with Gasteiger partial charge in [0.2, 0.25) is 5.88 Å². The zero-order chi connectivity index (χ0) is 13.9. The van der Waals surface area contributed by atoms with Gasteiger partial charge in [-0.05, 0) is 12.8 Å². The minimum atomic E-state index is -0.431. The largest absolute Gasteiger partial charge is 0.481 e. The van der Waals surface area contributed by atoms with Gasteiger partial charge in [-0.15, -0.1) is 0 Å². The summed E-state index contributed by atoms with van der Waals surface area (Å²) in [7, 11) is 1.48. The molecule has 0 aliphatic rings.